The van der Waals surface area contributed by atoms with E-state index in [1.54, 1.807) is 24.3 Å². The molecule has 1 aliphatic heterocycles. The van der Waals surface area contributed by atoms with Gasteiger partial charge in [0.05, 0.1) is 29.9 Å². The van der Waals surface area contributed by atoms with E-state index in [0.717, 1.165) is 11.0 Å². The molecule has 2 amide bonds. The predicted molar refractivity (Wildman–Crippen MR) is 74.9 cm³/mol. The number of rotatable bonds is 3. The summed E-state index contributed by atoms with van der Waals surface area (Å²) in [4.78, 5) is 36.6. The molecule has 6 nitrogen and oxygen atoms in total. The number of methoxy groups -OCH3 is 1. The SMILES string of the molecule is COc1ccc(N2C(=O)c3ccc(C(=O)[O-])cc3C2=O)cc1. The Morgan fingerprint density at radius 2 is 1.64 bits per heavy atom. The van der Waals surface area contributed by atoms with E-state index >= 15 is 0 Å². The molecule has 0 spiro atoms. The van der Waals surface area contributed by atoms with E-state index in [0.29, 0.717) is 11.4 Å². The normalized spacial score (nSPS) is 13.2. The van der Waals surface area contributed by atoms with Crippen molar-refractivity contribution >= 4 is 23.5 Å². The number of carbonyl (C=O) groups excluding carboxylic acids is 3. The fourth-order valence-corrected chi connectivity index (χ4v) is 2.33. The van der Waals surface area contributed by atoms with Crippen LogP contribution >= 0.6 is 0 Å². The Balaban J connectivity index is 2.03. The molecule has 0 saturated carbocycles. The van der Waals surface area contributed by atoms with E-state index in [-0.39, 0.29) is 16.7 Å². The van der Waals surface area contributed by atoms with E-state index in [9.17, 15) is 19.5 Å². The Morgan fingerprint density at radius 3 is 2.23 bits per heavy atom. The summed E-state index contributed by atoms with van der Waals surface area (Å²) in [6, 6.07) is 10.2. The van der Waals surface area contributed by atoms with Gasteiger partial charge in [-0.3, -0.25) is 9.59 Å². The van der Waals surface area contributed by atoms with Gasteiger partial charge in [-0.2, -0.15) is 0 Å². The minimum Gasteiger partial charge on any atom is -0.545 e. The minimum atomic E-state index is -1.40. The lowest BCUT2D eigenvalue weighted by atomic mass is 10.1. The van der Waals surface area contributed by atoms with Crippen LogP contribution < -0.4 is 14.7 Å². The number of hydrogen-bond donors (Lipinski definition) is 0. The Bertz CT molecular complexity index is 795. The predicted octanol–water partition coefficient (Wildman–Crippen LogP) is 0.859. The molecule has 1 heterocycles. The monoisotopic (exact) mass is 296 g/mol. The number of nitrogens with zero attached hydrogens (tertiary/aromatic N) is 1. The van der Waals surface area contributed by atoms with Gasteiger partial charge < -0.3 is 14.6 Å². The lowest BCUT2D eigenvalue weighted by molar-refractivity contribution is -0.255. The Hall–Kier alpha value is -3.15. The van der Waals surface area contributed by atoms with Gasteiger partial charge in [-0.25, -0.2) is 4.90 Å². The number of hydrogen-bond acceptors (Lipinski definition) is 5. The van der Waals surface area contributed by atoms with Crippen LogP contribution in [0.5, 0.6) is 5.75 Å². The van der Waals surface area contributed by atoms with Crippen molar-refractivity contribution in [1.29, 1.82) is 0 Å². The molecule has 0 radical (unpaired) electrons. The third-order valence-electron chi connectivity index (χ3n) is 3.45. The number of aromatic carboxylic acids is 1. The van der Waals surface area contributed by atoms with E-state index < -0.39 is 17.8 Å². The van der Waals surface area contributed by atoms with Crippen LogP contribution in [-0.2, 0) is 0 Å². The number of ether oxygens (including phenoxy) is 1. The zero-order valence-corrected chi connectivity index (χ0v) is 11.5. The van der Waals surface area contributed by atoms with Gasteiger partial charge in [0.15, 0.2) is 0 Å². The first kappa shape index (κ1) is 13.8. The highest BCUT2D eigenvalue weighted by Gasteiger charge is 2.36. The molecule has 0 unspecified atom stereocenters. The highest BCUT2D eigenvalue weighted by Crippen LogP contribution is 2.30. The van der Waals surface area contributed by atoms with Crippen molar-refractivity contribution in [2.75, 3.05) is 12.0 Å². The molecule has 1 aliphatic rings. The van der Waals surface area contributed by atoms with Crippen molar-refractivity contribution in [2.24, 2.45) is 0 Å². The summed E-state index contributed by atoms with van der Waals surface area (Å²) >= 11 is 0. The van der Waals surface area contributed by atoms with E-state index in [2.05, 4.69) is 0 Å². The largest absolute Gasteiger partial charge is 0.545 e. The van der Waals surface area contributed by atoms with Crippen LogP contribution in [0.25, 0.3) is 0 Å². The smallest absolute Gasteiger partial charge is 0.266 e. The number of anilines is 1. The molecular weight excluding hydrogens is 286 g/mol. The average Bonchev–Trinajstić information content (AvgIpc) is 2.78. The van der Waals surface area contributed by atoms with Crippen molar-refractivity contribution in [3.8, 4) is 5.75 Å². The zero-order chi connectivity index (χ0) is 15.9. The van der Waals surface area contributed by atoms with Gasteiger partial charge in [-0.15, -0.1) is 0 Å². The summed E-state index contributed by atoms with van der Waals surface area (Å²) in [5.74, 6) is -1.85. The molecule has 6 heteroatoms. The first-order valence-electron chi connectivity index (χ1n) is 6.41. The average molecular weight is 296 g/mol. The third kappa shape index (κ3) is 2.01. The van der Waals surface area contributed by atoms with Gasteiger partial charge in [-0.1, -0.05) is 6.07 Å². The number of carboxylic acids is 1. The second-order valence-electron chi connectivity index (χ2n) is 4.69. The van der Waals surface area contributed by atoms with Crippen LogP contribution in [0.3, 0.4) is 0 Å². The summed E-state index contributed by atoms with van der Waals surface area (Å²) < 4.78 is 5.03. The maximum atomic E-state index is 12.4. The number of amides is 2. The fourth-order valence-electron chi connectivity index (χ4n) is 2.33. The molecule has 0 atom stereocenters. The first-order chi connectivity index (χ1) is 10.5. The molecule has 0 aromatic heterocycles. The summed E-state index contributed by atoms with van der Waals surface area (Å²) in [5, 5.41) is 10.9. The molecule has 0 fully saturated rings. The number of carboxylic acid groups (broad SMARTS) is 1. The zero-order valence-electron chi connectivity index (χ0n) is 11.5. The summed E-state index contributed by atoms with van der Waals surface area (Å²) in [7, 11) is 1.51. The van der Waals surface area contributed by atoms with Crippen molar-refractivity contribution in [3.05, 3.63) is 59.2 Å². The maximum absolute atomic E-state index is 12.4. The third-order valence-corrected chi connectivity index (χ3v) is 3.45. The van der Waals surface area contributed by atoms with Gasteiger partial charge in [0.2, 0.25) is 0 Å². The summed E-state index contributed by atoms with van der Waals surface area (Å²) in [5.41, 5.74) is 0.479. The number of imide groups is 1. The molecule has 3 rings (SSSR count). The Morgan fingerprint density at radius 1 is 1.00 bits per heavy atom. The van der Waals surface area contributed by atoms with Crippen LogP contribution in [0.2, 0.25) is 0 Å². The molecule has 0 N–H and O–H groups in total. The van der Waals surface area contributed by atoms with Gasteiger partial charge in [-0.05, 0) is 42.0 Å². The van der Waals surface area contributed by atoms with Crippen molar-refractivity contribution in [2.45, 2.75) is 0 Å². The number of benzene rings is 2. The lowest BCUT2D eigenvalue weighted by Crippen LogP contribution is -2.29. The first-order valence-corrected chi connectivity index (χ1v) is 6.41. The van der Waals surface area contributed by atoms with E-state index in [1.165, 1.54) is 19.2 Å². The summed E-state index contributed by atoms with van der Waals surface area (Å²) in [6.45, 7) is 0. The number of fused-ring (bicyclic) bond motifs is 1. The standard InChI is InChI=1S/C16H11NO5/c1-22-11-5-3-10(4-6-11)17-14(18)12-7-2-9(16(20)21)8-13(12)15(17)19/h2-8H,1H3,(H,20,21)/p-1. The van der Waals surface area contributed by atoms with Crippen LogP contribution in [0.15, 0.2) is 42.5 Å². The van der Waals surface area contributed by atoms with Crippen LogP contribution in [0.4, 0.5) is 5.69 Å². The van der Waals surface area contributed by atoms with E-state index in [4.69, 9.17) is 4.74 Å². The fraction of sp³-hybridized carbons (Fsp3) is 0.0625. The molecule has 2 aromatic rings. The molecule has 22 heavy (non-hydrogen) atoms. The molecule has 0 saturated heterocycles. The number of carbonyl (C=O) groups is 3. The second kappa shape index (κ2) is 5.00. The van der Waals surface area contributed by atoms with Crippen LogP contribution in [0.1, 0.15) is 31.1 Å². The molecule has 0 aliphatic carbocycles. The molecular formula is C16H10NO5-. The lowest BCUT2D eigenvalue weighted by Gasteiger charge is -2.14. The van der Waals surface area contributed by atoms with Crippen molar-refractivity contribution < 1.29 is 24.2 Å². The molecule has 2 aromatic carbocycles. The quantitative estimate of drug-likeness (QED) is 0.784. The van der Waals surface area contributed by atoms with Gasteiger partial charge >= 0.3 is 0 Å². The van der Waals surface area contributed by atoms with Crippen molar-refractivity contribution in [3.63, 3.8) is 0 Å². The second-order valence-corrected chi connectivity index (χ2v) is 4.69. The minimum absolute atomic E-state index is 0.0579. The highest BCUT2D eigenvalue weighted by atomic mass is 16.5. The van der Waals surface area contributed by atoms with Gasteiger partial charge in [0, 0.05) is 0 Å². The molecule has 110 valence electrons. The Kier molecular flexibility index (Phi) is 3.14. The van der Waals surface area contributed by atoms with Crippen LogP contribution in [0, 0.1) is 0 Å². The van der Waals surface area contributed by atoms with Gasteiger partial charge in [0.25, 0.3) is 11.8 Å². The van der Waals surface area contributed by atoms with E-state index in [1.807, 2.05) is 0 Å². The topological polar surface area (TPSA) is 86.7 Å². The molecule has 0 bridgehead atoms. The summed E-state index contributed by atoms with van der Waals surface area (Å²) in [6.07, 6.45) is 0. The maximum Gasteiger partial charge on any atom is 0.266 e. The van der Waals surface area contributed by atoms with Crippen LogP contribution in [-0.4, -0.2) is 24.9 Å². The Labute approximate surface area is 125 Å². The van der Waals surface area contributed by atoms with Gasteiger partial charge in [0.1, 0.15) is 5.75 Å². The van der Waals surface area contributed by atoms with Crippen molar-refractivity contribution in [1.82, 2.24) is 0 Å². The highest BCUT2D eigenvalue weighted by molar-refractivity contribution is 6.34.